The van der Waals surface area contributed by atoms with E-state index in [0.717, 1.165) is 5.57 Å². The smallest absolute Gasteiger partial charge is 0.269 e. The van der Waals surface area contributed by atoms with Crippen LogP contribution in [0.1, 0.15) is 6.92 Å². The summed E-state index contributed by atoms with van der Waals surface area (Å²) in [6.45, 7) is 5.95. The van der Waals surface area contributed by atoms with E-state index in [9.17, 15) is 10.1 Å². The van der Waals surface area contributed by atoms with E-state index in [2.05, 4.69) is 6.92 Å². The van der Waals surface area contributed by atoms with Crippen molar-refractivity contribution in [3.63, 3.8) is 0 Å². The lowest BCUT2D eigenvalue weighted by Gasteiger charge is -2.05. The molecule has 0 aromatic heterocycles. The molecule has 79 valence electrons. The Morgan fingerprint density at radius 3 is 2.60 bits per heavy atom. The van der Waals surface area contributed by atoms with Gasteiger partial charge in [-0.3, -0.25) is 10.1 Å². The normalized spacial score (nSPS) is 11.2. The van der Waals surface area contributed by atoms with Gasteiger partial charge < -0.3 is 4.74 Å². The Bertz CT molecular complexity index is 368. The third-order valence-electron chi connectivity index (χ3n) is 1.86. The average Bonchev–Trinajstić information content (AvgIpc) is 2.26. The van der Waals surface area contributed by atoms with E-state index in [1.165, 1.54) is 12.1 Å². The minimum atomic E-state index is -0.440. The van der Waals surface area contributed by atoms with Gasteiger partial charge >= 0.3 is 0 Å². The van der Waals surface area contributed by atoms with E-state index in [1.807, 2.05) is 6.92 Å². The van der Waals surface area contributed by atoms with Crippen LogP contribution in [0.5, 0.6) is 5.75 Å². The van der Waals surface area contributed by atoms with Crippen LogP contribution < -0.4 is 4.74 Å². The first kappa shape index (κ1) is 11.2. The van der Waals surface area contributed by atoms with Crippen LogP contribution in [0.3, 0.4) is 0 Å². The number of nitro groups is 1. The van der Waals surface area contributed by atoms with Crippen molar-refractivity contribution in [1.82, 2.24) is 0 Å². The highest BCUT2D eigenvalue weighted by atomic mass is 16.6. The molecule has 0 aliphatic rings. The number of hydrogen-bond donors (Lipinski definition) is 0. The van der Waals surface area contributed by atoms with Gasteiger partial charge in [0.25, 0.3) is 5.69 Å². The van der Waals surface area contributed by atoms with Gasteiger partial charge in [0.15, 0.2) is 0 Å². The van der Waals surface area contributed by atoms with Crippen LogP contribution in [0.15, 0.2) is 35.9 Å². The quantitative estimate of drug-likeness (QED) is 0.562. The van der Waals surface area contributed by atoms with Crippen molar-refractivity contribution in [1.29, 1.82) is 0 Å². The standard InChI is InChI=1S/C11H12NO3/c1-3-9(2)8-15-11-6-4-10(5-7-11)12(13)14/h3-7H,1,8H2,2H3/b9-3+. The zero-order valence-corrected chi connectivity index (χ0v) is 8.47. The molecule has 1 aromatic rings. The highest BCUT2D eigenvalue weighted by Gasteiger charge is 2.03. The molecule has 0 amide bonds. The number of nitro benzene ring substituents is 1. The topological polar surface area (TPSA) is 52.4 Å². The minimum Gasteiger partial charge on any atom is -0.489 e. The molecule has 0 bridgehead atoms. The maximum absolute atomic E-state index is 10.4. The zero-order valence-electron chi connectivity index (χ0n) is 8.47. The summed E-state index contributed by atoms with van der Waals surface area (Å²) in [4.78, 5) is 9.93. The molecule has 0 aliphatic heterocycles. The average molecular weight is 206 g/mol. The molecule has 0 saturated heterocycles. The van der Waals surface area contributed by atoms with Crippen LogP contribution in [0.2, 0.25) is 0 Å². The Labute approximate surface area is 88.3 Å². The van der Waals surface area contributed by atoms with Crippen molar-refractivity contribution in [2.45, 2.75) is 6.92 Å². The predicted molar refractivity (Wildman–Crippen MR) is 57.7 cm³/mol. The summed E-state index contributed by atoms with van der Waals surface area (Å²) in [5.74, 6) is 0.613. The van der Waals surface area contributed by atoms with Crippen molar-refractivity contribution >= 4 is 5.69 Å². The van der Waals surface area contributed by atoms with E-state index >= 15 is 0 Å². The van der Waals surface area contributed by atoms with Crippen LogP contribution in [0, 0.1) is 17.0 Å². The summed E-state index contributed by atoms with van der Waals surface area (Å²) < 4.78 is 5.36. The van der Waals surface area contributed by atoms with Crippen molar-refractivity contribution in [2.75, 3.05) is 6.61 Å². The van der Waals surface area contributed by atoms with Crippen molar-refractivity contribution in [3.8, 4) is 5.75 Å². The third kappa shape index (κ3) is 3.42. The van der Waals surface area contributed by atoms with Crippen LogP contribution in [-0.2, 0) is 0 Å². The minimum absolute atomic E-state index is 0.0618. The van der Waals surface area contributed by atoms with Crippen molar-refractivity contribution < 1.29 is 9.66 Å². The fourth-order valence-corrected chi connectivity index (χ4v) is 0.920. The molecule has 0 heterocycles. The third-order valence-corrected chi connectivity index (χ3v) is 1.86. The summed E-state index contributed by atoms with van der Waals surface area (Å²) in [5.41, 5.74) is 1.07. The van der Waals surface area contributed by atoms with Gasteiger partial charge in [-0.2, -0.15) is 0 Å². The van der Waals surface area contributed by atoms with E-state index in [4.69, 9.17) is 4.74 Å². The fraction of sp³-hybridized carbons (Fsp3) is 0.182. The summed E-state index contributed by atoms with van der Waals surface area (Å²) in [5, 5.41) is 10.4. The van der Waals surface area contributed by atoms with E-state index in [0.29, 0.717) is 12.4 Å². The van der Waals surface area contributed by atoms with Crippen LogP contribution >= 0.6 is 0 Å². The number of nitrogens with zero attached hydrogens (tertiary/aromatic N) is 1. The number of allylic oxidation sites excluding steroid dienone is 1. The lowest BCUT2D eigenvalue weighted by molar-refractivity contribution is -0.384. The first-order chi connectivity index (χ1) is 7.13. The number of rotatable bonds is 4. The first-order valence-corrected chi connectivity index (χ1v) is 4.45. The maximum atomic E-state index is 10.4. The van der Waals surface area contributed by atoms with Gasteiger partial charge in [0.05, 0.1) is 4.92 Å². The van der Waals surface area contributed by atoms with Crippen LogP contribution in [-0.4, -0.2) is 11.5 Å². The lowest BCUT2D eigenvalue weighted by atomic mass is 10.3. The highest BCUT2D eigenvalue weighted by molar-refractivity contribution is 5.36. The summed E-state index contributed by atoms with van der Waals surface area (Å²) in [6.07, 6.45) is 1.71. The predicted octanol–water partition coefficient (Wildman–Crippen LogP) is 2.75. The highest BCUT2D eigenvalue weighted by Crippen LogP contribution is 2.17. The second-order valence-corrected chi connectivity index (χ2v) is 3.09. The molecule has 0 aliphatic carbocycles. The molecule has 0 saturated carbocycles. The van der Waals surface area contributed by atoms with Crippen LogP contribution in [0.25, 0.3) is 0 Å². The fourth-order valence-electron chi connectivity index (χ4n) is 0.920. The summed E-state index contributed by atoms with van der Waals surface area (Å²) in [6, 6.07) is 5.99. The van der Waals surface area contributed by atoms with Gasteiger partial charge in [0, 0.05) is 12.1 Å². The Kier molecular flexibility index (Phi) is 3.85. The second kappa shape index (κ2) is 5.14. The largest absolute Gasteiger partial charge is 0.489 e. The number of hydrogen-bond acceptors (Lipinski definition) is 3. The van der Waals surface area contributed by atoms with E-state index < -0.39 is 4.92 Å². The van der Waals surface area contributed by atoms with E-state index in [1.54, 1.807) is 18.2 Å². The van der Waals surface area contributed by atoms with Crippen molar-refractivity contribution in [2.24, 2.45) is 0 Å². The summed E-state index contributed by atoms with van der Waals surface area (Å²) in [7, 11) is 0. The Hall–Kier alpha value is -1.84. The van der Waals surface area contributed by atoms with Gasteiger partial charge in [-0.1, -0.05) is 6.08 Å². The van der Waals surface area contributed by atoms with E-state index in [-0.39, 0.29) is 5.69 Å². The molecule has 0 N–H and O–H groups in total. The number of ether oxygens (including phenoxy) is 1. The van der Waals surface area contributed by atoms with Crippen LogP contribution in [0.4, 0.5) is 5.69 Å². The molecule has 0 unspecified atom stereocenters. The Morgan fingerprint density at radius 1 is 1.53 bits per heavy atom. The molecule has 4 heteroatoms. The summed E-state index contributed by atoms with van der Waals surface area (Å²) >= 11 is 0. The maximum Gasteiger partial charge on any atom is 0.269 e. The van der Waals surface area contributed by atoms with Gasteiger partial charge in [0.1, 0.15) is 12.4 Å². The van der Waals surface area contributed by atoms with Gasteiger partial charge in [-0.05, 0) is 31.6 Å². The zero-order chi connectivity index (χ0) is 11.3. The number of benzene rings is 1. The second-order valence-electron chi connectivity index (χ2n) is 3.09. The SMILES string of the molecule is [CH2]/C=C(\C)COc1ccc([N+](=O)[O-])cc1. The van der Waals surface area contributed by atoms with Crippen molar-refractivity contribution in [3.05, 3.63) is 53.0 Å². The molecule has 4 nitrogen and oxygen atoms in total. The van der Waals surface area contributed by atoms with Gasteiger partial charge in [-0.25, -0.2) is 0 Å². The Balaban J connectivity index is 2.61. The number of non-ortho nitro benzene ring substituents is 1. The molecule has 0 atom stereocenters. The molecule has 0 spiro atoms. The molecule has 1 rings (SSSR count). The first-order valence-electron chi connectivity index (χ1n) is 4.45. The van der Waals surface area contributed by atoms with Gasteiger partial charge in [0.2, 0.25) is 0 Å². The lowest BCUT2D eigenvalue weighted by Crippen LogP contribution is -1.98. The van der Waals surface area contributed by atoms with Gasteiger partial charge in [-0.15, -0.1) is 0 Å². The monoisotopic (exact) mass is 206 g/mol. The Morgan fingerprint density at radius 2 is 2.13 bits per heavy atom. The molecular weight excluding hydrogens is 194 g/mol. The molecular formula is C11H12NO3. The molecule has 1 aromatic carbocycles. The molecule has 1 radical (unpaired) electrons. The molecule has 0 fully saturated rings. The molecule has 15 heavy (non-hydrogen) atoms.